The number of aromatic nitrogens is 5. The van der Waals surface area contributed by atoms with E-state index in [1.54, 1.807) is 0 Å². The number of hydrogen-bond donors (Lipinski definition) is 1. The summed E-state index contributed by atoms with van der Waals surface area (Å²) in [5, 5.41) is 11.6. The molecule has 2 heterocycles. The van der Waals surface area contributed by atoms with Gasteiger partial charge in [-0.15, -0.1) is 10.2 Å². The number of thioether (sulfide) groups is 1. The zero-order valence-electron chi connectivity index (χ0n) is 14.1. The number of carbonyl (C=O) groups is 1. The average molecular weight is 352 g/mol. The third-order valence-electron chi connectivity index (χ3n) is 3.60. The Morgan fingerprint density at radius 3 is 2.62 bits per heavy atom. The smallest absolute Gasteiger partial charge is 0.331 e. The molecule has 0 fully saturated rings. The summed E-state index contributed by atoms with van der Waals surface area (Å²) in [5.74, 6) is 0.989. The highest BCUT2D eigenvalue weighted by molar-refractivity contribution is 7.99. The van der Waals surface area contributed by atoms with Crippen molar-refractivity contribution < 1.29 is 4.79 Å². The molecule has 0 saturated heterocycles. The van der Waals surface area contributed by atoms with Crippen LogP contribution in [0.5, 0.6) is 0 Å². The fraction of sp³-hybridized carbons (Fsp3) is 0.500. The molecule has 1 N–H and O–H groups in total. The van der Waals surface area contributed by atoms with E-state index in [9.17, 15) is 14.4 Å². The zero-order valence-corrected chi connectivity index (χ0v) is 14.9. The fourth-order valence-electron chi connectivity index (χ4n) is 2.18. The molecular weight excluding hydrogens is 332 g/mol. The van der Waals surface area contributed by atoms with Gasteiger partial charge in [-0.2, -0.15) is 0 Å². The van der Waals surface area contributed by atoms with Gasteiger partial charge in [-0.05, 0) is 13.8 Å². The molecule has 0 radical (unpaired) electrons. The third kappa shape index (κ3) is 3.58. The Morgan fingerprint density at radius 2 is 1.96 bits per heavy atom. The van der Waals surface area contributed by atoms with Crippen LogP contribution >= 0.6 is 11.8 Å². The first kappa shape index (κ1) is 18.0. The number of nitrogens with zero attached hydrogens (tertiary/aromatic N) is 5. The lowest BCUT2D eigenvalue weighted by Crippen LogP contribution is -2.41. The lowest BCUT2D eigenvalue weighted by Gasteiger charge is -2.10. The van der Waals surface area contributed by atoms with E-state index in [1.165, 1.54) is 25.9 Å². The Kier molecular flexibility index (Phi) is 5.60. The Labute approximate surface area is 142 Å². The molecule has 1 amide bonds. The van der Waals surface area contributed by atoms with Crippen molar-refractivity contribution in [3.05, 3.63) is 38.4 Å². The Hall–Kier alpha value is -2.36. The summed E-state index contributed by atoms with van der Waals surface area (Å²) in [4.78, 5) is 35.6. The summed E-state index contributed by atoms with van der Waals surface area (Å²) in [6, 6.07) is 1.15. The first-order valence-electron chi connectivity index (χ1n) is 7.44. The van der Waals surface area contributed by atoms with Crippen LogP contribution in [0.15, 0.2) is 20.8 Å². The Bertz CT molecular complexity index is 866. The minimum atomic E-state index is -0.534. The zero-order chi connectivity index (χ0) is 17.9. The van der Waals surface area contributed by atoms with Crippen LogP contribution in [-0.4, -0.2) is 42.1 Å². The molecule has 0 aliphatic heterocycles. The molecule has 0 saturated carbocycles. The largest absolute Gasteiger partial charge is 0.350 e. The maximum atomic E-state index is 12.2. The molecule has 0 bridgehead atoms. The van der Waals surface area contributed by atoms with Crippen molar-refractivity contribution in [3.8, 4) is 0 Å². The molecule has 2 aromatic heterocycles. The molecule has 0 spiro atoms. The molecule has 2 rings (SSSR count). The molecule has 9 nitrogen and oxygen atoms in total. The summed E-state index contributed by atoms with van der Waals surface area (Å²) < 4.78 is 4.09. The predicted octanol–water partition coefficient (Wildman–Crippen LogP) is -0.474. The lowest BCUT2D eigenvalue weighted by atomic mass is 10.3. The third-order valence-corrected chi connectivity index (χ3v) is 4.56. The van der Waals surface area contributed by atoms with Gasteiger partial charge in [0.1, 0.15) is 11.5 Å². The molecule has 0 aromatic carbocycles. The lowest BCUT2D eigenvalue weighted by molar-refractivity contribution is 0.0946. The number of nitrogens with one attached hydrogen (secondary N) is 1. The highest BCUT2D eigenvalue weighted by atomic mass is 32.2. The van der Waals surface area contributed by atoms with Crippen molar-refractivity contribution in [1.82, 2.24) is 29.2 Å². The van der Waals surface area contributed by atoms with Gasteiger partial charge in [0.15, 0.2) is 5.16 Å². The van der Waals surface area contributed by atoms with Gasteiger partial charge in [0.25, 0.3) is 11.5 Å². The molecule has 0 unspecified atom stereocenters. The molecular formula is C14H20N6O3S. The standard InChI is InChI=1S/C14H20N6O3S/c1-5-20-9(2)16-17-13(20)24-7-6-15-12(22)10-8-11(21)19(4)14(23)18(10)3/h8H,5-7H2,1-4H3,(H,15,22). The highest BCUT2D eigenvalue weighted by Gasteiger charge is 2.13. The van der Waals surface area contributed by atoms with Crippen molar-refractivity contribution in [2.75, 3.05) is 12.3 Å². The number of amides is 1. The van der Waals surface area contributed by atoms with Gasteiger partial charge < -0.3 is 9.88 Å². The van der Waals surface area contributed by atoms with E-state index in [2.05, 4.69) is 15.5 Å². The highest BCUT2D eigenvalue weighted by Crippen LogP contribution is 2.15. The summed E-state index contributed by atoms with van der Waals surface area (Å²) in [7, 11) is 2.83. The van der Waals surface area contributed by atoms with Gasteiger partial charge in [-0.3, -0.25) is 18.7 Å². The summed E-state index contributed by atoms with van der Waals surface area (Å²) in [5.41, 5.74) is -1.00. The van der Waals surface area contributed by atoms with Crippen molar-refractivity contribution >= 4 is 17.7 Å². The van der Waals surface area contributed by atoms with Gasteiger partial charge in [-0.25, -0.2) is 4.79 Å². The van der Waals surface area contributed by atoms with Crippen molar-refractivity contribution in [1.29, 1.82) is 0 Å². The second-order valence-electron chi connectivity index (χ2n) is 5.15. The van der Waals surface area contributed by atoms with Crippen molar-refractivity contribution in [3.63, 3.8) is 0 Å². The van der Waals surface area contributed by atoms with Crippen LogP contribution in [0.4, 0.5) is 0 Å². The van der Waals surface area contributed by atoms with Crippen LogP contribution in [0, 0.1) is 6.92 Å². The first-order chi connectivity index (χ1) is 11.4. The molecule has 2 aromatic rings. The van der Waals surface area contributed by atoms with E-state index in [0.29, 0.717) is 12.3 Å². The minimum Gasteiger partial charge on any atom is -0.350 e. The number of aryl methyl sites for hydroxylation is 1. The monoisotopic (exact) mass is 352 g/mol. The van der Waals surface area contributed by atoms with Gasteiger partial charge in [0, 0.05) is 39.0 Å². The summed E-state index contributed by atoms with van der Waals surface area (Å²) in [6.07, 6.45) is 0. The van der Waals surface area contributed by atoms with Gasteiger partial charge in [-0.1, -0.05) is 11.8 Å². The van der Waals surface area contributed by atoms with Crippen molar-refractivity contribution in [2.24, 2.45) is 14.1 Å². The first-order valence-corrected chi connectivity index (χ1v) is 8.43. The van der Waals surface area contributed by atoms with E-state index in [-0.39, 0.29) is 5.69 Å². The van der Waals surface area contributed by atoms with Gasteiger partial charge in [0.2, 0.25) is 0 Å². The second kappa shape index (κ2) is 7.47. The maximum absolute atomic E-state index is 12.2. The molecule has 0 aliphatic rings. The van der Waals surface area contributed by atoms with Crippen molar-refractivity contribution in [2.45, 2.75) is 25.5 Å². The summed E-state index contributed by atoms with van der Waals surface area (Å²) >= 11 is 1.48. The number of hydrogen-bond acceptors (Lipinski definition) is 6. The van der Waals surface area contributed by atoms with Crippen LogP contribution in [0.25, 0.3) is 0 Å². The van der Waals surface area contributed by atoms with E-state index < -0.39 is 17.2 Å². The molecule has 0 aliphatic carbocycles. The van der Waals surface area contributed by atoms with E-state index in [0.717, 1.165) is 32.7 Å². The quantitative estimate of drug-likeness (QED) is 0.557. The number of carbonyl (C=O) groups excluding carboxylic acids is 1. The minimum absolute atomic E-state index is 0.0423. The van der Waals surface area contributed by atoms with Gasteiger partial charge in [0.05, 0.1) is 0 Å². The second-order valence-corrected chi connectivity index (χ2v) is 6.21. The van der Waals surface area contributed by atoms with Crippen LogP contribution in [0.1, 0.15) is 23.2 Å². The van der Waals surface area contributed by atoms with E-state index in [4.69, 9.17) is 0 Å². The van der Waals surface area contributed by atoms with E-state index >= 15 is 0 Å². The fourth-order valence-corrected chi connectivity index (χ4v) is 3.08. The predicted molar refractivity (Wildman–Crippen MR) is 90.4 cm³/mol. The molecule has 24 heavy (non-hydrogen) atoms. The molecule has 130 valence electrons. The SMILES string of the molecule is CCn1c(C)nnc1SCCNC(=O)c1cc(=O)n(C)c(=O)n1C. The Morgan fingerprint density at radius 1 is 1.25 bits per heavy atom. The van der Waals surface area contributed by atoms with E-state index in [1.807, 2.05) is 18.4 Å². The normalized spacial score (nSPS) is 10.8. The Balaban J connectivity index is 1.97. The van der Waals surface area contributed by atoms with Gasteiger partial charge >= 0.3 is 5.69 Å². The molecule has 0 atom stereocenters. The van der Waals surface area contributed by atoms with Crippen LogP contribution in [0.3, 0.4) is 0 Å². The van der Waals surface area contributed by atoms with Crippen LogP contribution < -0.4 is 16.6 Å². The average Bonchev–Trinajstić information content (AvgIpc) is 2.92. The maximum Gasteiger partial charge on any atom is 0.331 e. The molecule has 10 heteroatoms. The van der Waals surface area contributed by atoms with Crippen LogP contribution in [-0.2, 0) is 20.6 Å². The summed E-state index contributed by atoms with van der Waals surface area (Å²) in [6.45, 7) is 5.06. The van der Waals surface area contributed by atoms with Crippen LogP contribution in [0.2, 0.25) is 0 Å². The number of rotatable bonds is 6. The topological polar surface area (TPSA) is 104 Å².